The second-order valence-electron chi connectivity index (χ2n) is 5.62. The summed E-state index contributed by atoms with van der Waals surface area (Å²) in [5.74, 6) is 0.859. The highest BCUT2D eigenvalue weighted by molar-refractivity contribution is 5.36. The summed E-state index contributed by atoms with van der Waals surface area (Å²) in [6, 6.07) is 7.02. The van der Waals surface area contributed by atoms with E-state index in [1.54, 1.807) is 12.1 Å². The van der Waals surface area contributed by atoms with Crippen molar-refractivity contribution in [1.29, 1.82) is 0 Å². The average molecular weight is 234 g/mol. The molecule has 2 aliphatic carbocycles. The van der Waals surface area contributed by atoms with Crippen molar-refractivity contribution in [3.05, 3.63) is 35.6 Å². The molecule has 2 unspecified atom stereocenters. The standard InChI is InChI=1S/C15H19FO/c16-14-7-3-6-12(8-14)15(9-13(15)10-17)11-4-1-2-5-11/h3,6-8,11,13,17H,1-2,4-5,9-10H2. The Morgan fingerprint density at radius 2 is 2.06 bits per heavy atom. The first-order valence-electron chi connectivity index (χ1n) is 6.64. The van der Waals surface area contributed by atoms with Crippen molar-refractivity contribution >= 4 is 0 Å². The van der Waals surface area contributed by atoms with Gasteiger partial charge < -0.3 is 5.11 Å². The van der Waals surface area contributed by atoms with E-state index in [4.69, 9.17) is 0 Å². The predicted octanol–water partition coefficient (Wildman–Crippen LogP) is 3.27. The number of hydrogen-bond donors (Lipinski definition) is 1. The molecule has 2 aliphatic rings. The van der Waals surface area contributed by atoms with Crippen LogP contribution in [0.1, 0.15) is 37.7 Å². The maximum absolute atomic E-state index is 13.4. The van der Waals surface area contributed by atoms with E-state index < -0.39 is 0 Å². The highest BCUT2D eigenvalue weighted by atomic mass is 19.1. The van der Waals surface area contributed by atoms with Crippen LogP contribution in [-0.4, -0.2) is 11.7 Å². The average Bonchev–Trinajstić information content (AvgIpc) is 2.83. The normalized spacial score (nSPS) is 32.9. The highest BCUT2D eigenvalue weighted by Crippen LogP contribution is 2.62. The minimum absolute atomic E-state index is 0.0906. The minimum atomic E-state index is -0.150. The second kappa shape index (κ2) is 4.09. The van der Waals surface area contributed by atoms with Crippen molar-refractivity contribution < 1.29 is 9.50 Å². The van der Waals surface area contributed by atoms with Crippen LogP contribution in [-0.2, 0) is 5.41 Å². The van der Waals surface area contributed by atoms with Crippen LogP contribution in [0.2, 0.25) is 0 Å². The molecule has 2 saturated carbocycles. The molecule has 0 radical (unpaired) electrons. The van der Waals surface area contributed by atoms with E-state index in [1.807, 2.05) is 6.07 Å². The van der Waals surface area contributed by atoms with E-state index in [1.165, 1.54) is 31.7 Å². The quantitative estimate of drug-likeness (QED) is 0.851. The van der Waals surface area contributed by atoms with Crippen molar-refractivity contribution in [2.24, 2.45) is 11.8 Å². The fraction of sp³-hybridized carbons (Fsp3) is 0.600. The fourth-order valence-corrected chi connectivity index (χ4v) is 3.88. The van der Waals surface area contributed by atoms with E-state index in [0.29, 0.717) is 11.8 Å². The van der Waals surface area contributed by atoms with Crippen molar-refractivity contribution in [3.63, 3.8) is 0 Å². The van der Waals surface area contributed by atoms with Gasteiger partial charge in [-0.15, -0.1) is 0 Å². The summed E-state index contributed by atoms with van der Waals surface area (Å²) in [5.41, 5.74) is 1.20. The molecule has 0 amide bonds. The lowest BCUT2D eigenvalue weighted by molar-refractivity contribution is 0.246. The molecule has 1 aromatic rings. The van der Waals surface area contributed by atoms with Crippen LogP contribution in [0.4, 0.5) is 4.39 Å². The van der Waals surface area contributed by atoms with Crippen molar-refractivity contribution in [1.82, 2.24) is 0 Å². The van der Waals surface area contributed by atoms with Gasteiger partial charge in [0.05, 0.1) is 0 Å². The third-order valence-corrected chi connectivity index (χ3v) is 4.82. The van der Waals surface area contributed by atoms with Gasteiger partial charge >= 0.3 is 0 Å². The number of hydrogen-bond acceptors (Lipinski definition) is 1. The van der Waals surface area contributed by atoms with E-state index in [-0.39, 0.29) is 17.8 Å². The Balaban J connectivity index is 1.95. The molecule has 0 spiro atoms. The van der Waals surface area contributed by atoms with Crippen LogP contribution in [0.3, 0.4) is 0 Å². The van der Waals surface area contributed by atoms with Gasteiger partial charge in [0, 0.05) is 12.0 Å². The molecule has 2 heteroatoms. The molecule has 3 rings (SSSR count). The summed E-state index contributed by atoms with van der Waals surface area (Å²) in [4.78, 5) is 0. The maximum atomic E-state index is 13.4. The van der Waals surface area contributed by atoms with Crippen molar-refractivity contribution in [2.45, 2.75) is 37.5 Å². The zero-order valence-corrected chi connectivity index (χ0v) is 10.0. The molecule has 0 saturated heterocycles. The van der Waals surface area contributed by atoms with Gasteiger partial charge in [0.15, 0.2) is 0 Å². The van der Waals surface area contributed by atoms with E-state index in [2.05, 4.69) is 0 Å². The van der Waals surface area contributed by atoms with Crippen LogP contribution < -0.4 is 0 Å². The van der Waals surface area contributed by atoms with Crippen molar-refractivity contribution in [3.8, 4) is 0 Å². The van der Waals surface area contributed by atoms with E-state index >= 15 is 0 Å². The molecule has 2 fully saturated rings. The summed E-state index contributed by atoms with van der Waals surface area (Å²) in [7, 11) is 0. The van der Waals surface area contributed by atoms with Crippen LogP contribution >= 0.6 is 0 Å². The van der Waals surface area contributed by atoms with Gasteiger partial charge in [0.1, 0.15) is 5.82 Å². The van der Waals surface area contributed by atoms with Gasteiger partial charge in [-0.2, -0.15) is 0 Å². The Hall–Kier alpha value is -0.890. The fourth-order valence-electron chi connectivity index (χ4n) is 3.88. The van der Waals surface area contributed by atoms with Crippen molar-refractivity contribution in [2.75, 3.05) is 6.61 Å². The van der Waals surface area contributed by atoms with E-state index in [0.717, 1.165) is 12.0 Å². The van der Waals surface area contributed by atoms with Crippen LogP contribution in [0.15, 0.2) is 24.3 Å². The Morgan fingerprint density at radius 1 is 1.29 bits per heavy atom. The lowest BCUT2D eigenvalue weighted by Crippen LogP contribution is -2.22. The molecule has 1 N–H and O–H groups in total. The lowest BCUT2D eigenvalue weighted by atomic mass is 9.79. The smallest absolute Gasteiger partial charge is 0.123 e. The molecule has 2 atom stereocenters. The number of rotatable bonds is 3. The molecule has 0 aliphatic heterocycles. The first-order valence-corrected chi connectivity index (χ1v) is 6.64. The monoisotopic (exact) mass is 234 g/mol. The van der Waals surface area contributed by atoms with Crippen LogP contribution in [0, 0.1) is 17.7 Å². The zero-order valence-electron chi connectivity index (χ0n) is 10.0. The number of aliphatic hydroxyl groups excluding tert-OH is 1. The predicted molar refractivity (Wildman–Crippen MR) is 65.2 cm³/mol. The van der Waals surface area contributed by atoms with Gasteiger partial charge in [0.2, 0.25) is 0 Å². The maximum Gasteiger partial charge on any atom is 0.123 e. The molecular weight excluding hydrogens is 215 g/mol. The van der Waals surface area contributed by atoms with Gasteiger partial charge in [-0.1, -0.05) is 25.0 Å². The van der Waals surface area contributed by atoms with E-state index in [9.17, 15) is 9.50 Å². The number of benzene rings is 1. The summed E-state index contributed by atoms with van der Waals surface area (Å²) in [6.45, 7) is 0.243. The minimum Gasteiger partial charge on any atom is -0.396 e. The summed E-state index contributed by atoms with van der Waals surface area (Å²) in [5, 5.41) is 9.44. The third-order valence-electron chi connectivity index (χ3n) is 4.82. The third kappa shape index (κ3) is 1.70. The summed E-state index contributed by atoms with van der Waals surface area (Å²) >= 11 is 0. The highest BCUT2D eigenvalue weighted by Gasteiger charge is 2.59. The molecular formula is C15H19FO. The molecule has 0 bridgehead atoms. The molecule has 0 heterocycles. The van der Waals surface area contributed by atoms with Gasteiger partial charge in [0.25, 0.3) is 0 Å². The molecule has 17 heavy (non-hydrogen) atoms. The first-order chi connectivity index (χ1) is 8.27. The van der Waals surface area contributed by atoms with Crippen LogP contribution in [0.5, 0.6) is 0 Å². The Kier molecular flexibility index (Phi) is 2.70. The topological polar surface area (TPSA) is 20.2 Å². The zero-order chi connectivity index (χ0) is 11.9. The van der Waals surface area contributed by atoms with Gasteiger partial charge in [-0.3, -0.25) is 0 Å². The molecule has 1 nitrogen and oxygen atoms in total. The van der Waals surface area contributed by atoms with Crippen LogP contribution in [0.25, 0.3) is 0 Å². The summed E-state index contributed by atoms with van der Waals surface area (Å²) in [6.07, 6.45) is 6.11. The summed E-state index contributed by atoms with van der Waals surface area (Å²) < 4.78 is 13.4. The van der Waals surface area contributed by atoms with Gasteiger partial charge in [-0.25, -0.2) is 4.39 Å². The Morgan fingerprint density at radius 3 is 2.65 bits per heavy atom. The number of aliphatic hydroxyl groups is 1. The first kappa shape index (κ1) is 11.2. The lowest BCUT2D eigenvalue weighted by Gasteiger charge is -2.25. The largest absolute Gasteiger partial charge is 0.396 e. The van der Waals surface area contributed by atoms with Gasteiger partial charge in [-0.05, 0) is 48.8 Å². The molecule has 92 valence electrons. The number of halogens is 1. The molecule has 0 aromatic heterocycles. The Labute approximate surface area is 102 Å². The molecule has 1 aromatic carbocycles. The second-order valence-corrected chi connectivity index (χ2v) is 5.62. The Bertz CT molecular complexity index is 411. The SMILES string of the molecule is OCC1CC1(c1cccc(F)c1)C1CCCC1.